The first-order chi connectivity index (χ1) is 11.6. The van der Waals surface area contributed by atoms with Crippen LogP contribution in [0.1, 0.15) is 35.6 Å². The van der Waals surface area contributed by atoms with E-state index >= 15 is 0 Å². The molecule has 0 aromatic heterocycles. The molecule has 1 heterocycles. The molecule has 1 unspecified atom stereocenters. The molecule has 0 saturated carbocycles. The Bertz CT molecular complexity index is 711. The van der Waals surface area contributed by atoms with Crippen LogP contribution in [0.4, 0.5) is 0 Å². The summed E-state index contributed by atoms with van der Waals surface area (Å²) in [6.07, 6.45) is 0.193. The van der Waals surface area contributed by atoms with E-state index in [1.165, 1.54) is 12.7 Å². The number of esters is 1. The van der Waals surface area contributed by atoms with Gasteiger partial charge >= 0.3 is 5.97 Å². The summed E-state index contributed by atoms with van der Waals surface area (Å²) in [5.41, 5.74) is 2.79. The van der Waals surface area contributed by atoms with Gasteiger partial charge in [-0.3, -0.25) is 4.79 Å². The molecule has 2 aromatic rings. The SMILES string of the molecule is COC(=O)C(C)c1ccc2c(c1)OC[C@@H](Cc1ccccc1)[C@@H]2O. The Morgan fingerprint density at radius 2 is 2.04 bits per heavy atom. The number of methoxy groups -OCH3 is 1. The molecule has 4 heteroatoms. The summed E-state index contributed by atoms with van der Waals surface area (Å²) in [5.74, 6) is 0.0280. The molecule has 0 fully saturated rings. The van der Waals surface area contributed by atoms with E-state index in [0.717, 1.165) is 17.5 Å². The molecule has 126 valence electrons. The average Bonchev–Trinajstić information content (AvgIpc) is 2.63. The molecule has 0 aliphatic carbocycles. The molecule has 0 bridgehead atoms. The van der Waals surface area contributed by atoms with Gasteiger partial charge in [0.05, 0.1) is 25.7 Å². The summed E-state index contributed by atoms with van der Waals surface area (Å²) in [4.78, 5) is 11.7. The molecular weight excluding hydrogens is 304 g/mol. The van der Waals surface area contributed by atoms with E-state index in [2.05, 4.69) is 12.1 Å². The lowest BCUT2D eigenvalue weighted by atomic mass is 9.87. The predicted octanol–water partition coefficient (Wildman–Crippen LogP) is 3.25. The van der Waals surface area contributed by atoms with Crippen molar-refractivity contribution in [2.75, 3.05) is 13.7 Å². The zero-order valence-electron chi connectivity index (χ0n) is 13.9. The number of aliphatic hydroxyl groups excluding tert-OH is 1. The average molecular weight is 326 g/mol. The molecule has 1 aliphatic heterocycles. The van der Waals surface area contributed by atoms with E-state index in [4.69, 9.17) is 9.47 Å². The molecule has 4 nitrogen and oxygen atoms in total. The summed E-state index contributed by atoms with van der Waals surface area (Å²) < 4.78 is 10.7. The first-order valence-corrected chi connectivity index (χ1v) is 8.16. The second-order valence-corrected chi connectivity index (χ2v) is 6.25. The van der Waals surface area contributed by atoms with Crippen LogP contribution in [0.2, 0.25) is 0 Å². The van der Waals surface area contributed by atoms with Crippen LogP contribution in [0.5, 0.6) is 5.75 Å². The highest BCUT2D eigenvalue weighted by atomic mass is 16.5. The highest BCUT2D eigenvalue weighted by Gasteiger charge is 2.30. The Balaban J connectivity index is 1.79. The van der Waals surface area contributed by atoms with Crippen molar-refractivity contribution < 1.29 is 19.4 Å². The van der Waals surface area contributed by atoms with Gasteiger partial charge in [-0.2, -0.15) is 0 Å². The Hall–Kier alpha value is -2.33. The summed E-state index contributed by atoms with van der Waals surface area (Å²) in [6.45, 7) is 2.25. The number of benzene rings is 2. The number of fused-ring (bicyclic) bond motifs is 1. The van der Waals surface area contributed by atoms with Crippen molar-refractivity contribution in [1.29, 1.82) is 0 Å². The van der Waals surface area contributed by atoms with Gasteiger partial charge in [0.2, 0.25) is 0 Å². The number of carbonyl (C=O) groups excluding carboxylic acids is 1. The monoisotopic (exact) mass is 326 g/mol. The van der Waals surface area contributed by atoms with Crippen molar-refractivity contribution in [2.24, 2.45) is 5.92 Å². The van der Waals surface area contributed by atoms with Gasteiger partial charge in [0, 0.05) is 11.5 Å². The molecule has 1 N–H and O–H groups in total. The van der Waals surface area contributed by atoms with Gasteiger partial charge in [-0.05, 0) is 30.5 Å². The van der Waals surface area contributed by atoms with Crippen LogP contribution < -0.4 is 4.74 Å². The zero-order valence-corrected chi connectivity index (χ0v) is 13.9. The van der Waals surface area contributed by atoms with Crippen molar-refractivity contribution >= 4 is 5.97 Å². The lowest BCUT2D eigenvalue weighted by molar-refractivity contribution is -0.141. The summed E-state index contributed by atoms with van der Waals surface area (Å²) in [6, 6.07) is 15.6. The van der Waals surface area contributed by atoms with Gasteiger partial charge < -0.3 is 14.6 Å². The predicted molar refractivity (Wildman–Crippen MR) is 91.0 cm³/mol. The van der Waals surface area contributed by atoms with Crippen LogP contribution in [-0.2, 0) is 16.0 Å². The van der Waals surface area contributed by atoms with Gasteiger partial charge in [-0.1, -0.05) is 42.5 Å². The molecule has 1 aliphatic rings. The largest absolute Gasteiger partial charge is 0.493 e. The van der Waals surface area contributed by atoms with Gasteiger partial charge in [0.15, 0.2) is 0 Å². The molecule has 0 saturated heterocycles. The maximum atomic E-state index is 11.7. The third-order valence-corrected chi connectivity index (χ3v) is 4.65. The zero-order chi connectivity index (χ0) is 17.1. The quantitative estimate of drug-likeness (QED) is 0.876. The fourth-order valence-electron chi connectivity index (χ4n) is 3.13. The van der Waals surface area contributed by atoms with Crippen molar-refractivity contribution in [3.8, 4) is 5.75 Å². The number of rotatable bonds is 4. The van der Waals surface area contributed by atoms with E-state index in [9.17, 15) is 9.90 Å². The normalized spacial score (nSPS) is 20.6. The maximum Gasteiger partial charge on any atom is 0.312 e. The minimum Gasteiger partial charge on any atom is -0.493 e. The smallest absolute Gasteiger partial charge is 0.312 e. The van der Waals surface area contributed by atoms with Gasteiger partial charge in [0.25, 0.3) is 0 Å². The highest BCUT2D eigenvalue weighted by molar-refractivity contribution is 5.77. The molecule has 0 spiro atoms. The molecule has 0 radical (unpaired) electrons. The molecular formula is C20H22O4. The third kappa shape index (κ3) is 3.29. The first kappa shape index (κ1) is 16.5. The van der Waals surface area contributed by atoms with E-state index in [-0.39, 0.29) is 17.8 Å². The summed E-state index contributed by atoms with van der Waals surface area (Å²) >= 11 is 0. The van der Waals surface area contributed by atoms with E-state index in [0.29, 0.717) is 12.4 Å². The van der Waals surface area contributed by atoms with Gasteiger partial charge in [0.1, 0.15) is 5.75 Å². The third-order valence-electron chi connectivity index (χ3n) is 4.65. The molecule has 3 rings (SSSR count). The van der Waals surface area contributed by atoms with Crippen molar-refractivity contribution in [3.05, 3.63) is 65.2 Å². The van der Waals surface area contributed by atoms with Crippen molar-refractivity contribution in [3.63, 3.8) is 0 Å². The molecule has 3 atom stereocenters. The molecule has 24 heavy (non-hydrogen) atoms. The second kappa shape index (κ2) is 7.05. The number of hydrogen-bond acceptors (Lipinski definition) is 4. The molecule has 0 amide bonds. The van der Waals surface area contributed by atoms with Crippen molar-refractivity contribution in [2.45, 2.75) is 25.4 Å². The minimum absolute atomic E-state index is 0.0174. The van der Waals surface area contributed by atoms with E-state index < -0.39 is 6.10 Å². The van der Waals surface area contributed by atoms with Crippen LogP contribution in [0, 0.1) is 5.92 Å². The van der Waals surface area contributed by atoms with Crippen molar-refractivity contribution in [1.82, 2.24) is 0 Å². The first-order valence-electron chi connectivity index (χ1n) is 8.16. The minimum atomic E-state index is -0.573. The summed E-state index contributed by atoms with van der Waals surface area (Å²) in [7, 11) is 1.38. The number of aliphatic hydroxyl groups is 1. The molecule has 2 aromatic carbocycles. The second-order valence-electron chi connectivity index (χ2n) is 6.25. The summed E-state index contributed by atoms with van der Waals surface area (Å²) in [5, 5.41) is 10.7. The Morgan fingerprint density at radius 3 is 2.75 bits per heavy atom. The van der Waals surface area contributed by atoms with Gasteiger partial charge in [-0.15, -0.1) is 0 Å². The van der Waals surface area contributed by atoms with E-state index in [1.807, 2.05) is 36.4 Å². The topological polar surface area (TPSA) is 55.8 Å². The lowest BCUT2D eigenvalue weighted by Crippen LogP contribution is -2.28. The van der Waals surface area contributed by atoms with Crippen LogP contribution in [0.3, 0.4) is 0 Å². The lowest BCUT2D eigenvalue weighted by Gasteiger charge is -2.31. The van der Waals surface area contributed by atoms with Crippen LogP contribution in [0.15, 0.2) is 48.5 Å². The van der Waals surface area contributed by atoms with Crippen LogP contribution in [-0.4, -0.2) is 24.8 Å². The Morgan fingerprint density at radius 1 is 1.29 bits per heavy atom. The number of hydrogen-bond donors (Lipinski definition) is 1. The van der Waals surface area contributed by atoms with E-state index in [1.54, 1.807) is 6.92 Å². The number of carbonyl (C=O) groups is 1. The van der Waals surface area contributed by atoms with Crippen LogP contribution in [0.25, 0.3) is 0 Å². The Labute approximate surface area is 142 Å². The highest BCUT2D eigenvalue weighted by Crippen LogP contribution is 2.38. The fraction of sp³-hybridized carbons (Fsp3) is 0.350. The van der Waals surface area contributed by atoms with Gasteiger partial charge in [-0.25, -0.2) is 0 Å². The fourth-order valence-corrected chi connectivity index (χ4v) is 3.13. The maximum absolute atomic E-state index is 11.7. The number of ether oxygens (including phenoxy) is 2. The standard InChI is InChI=1S/C20H22O4/c1-13(20(22)23-2)15-8-9-17-18(11-15)24-12-16(19(17)21)10-14-6-4-3-5-7-14/h3-9,11,13,16,19,21H,10,12H2,1-2H3/t13?,16-,19+/m1/s1. The van der Waals surface area contributed by atoms with Crippen LogP contribution >= 0.6 is 0 Å². The Kier molecular flexibility index (Phi) is 4.86.